The van der Waals surface area contributed by atoms with Gasteiger partial charge >= 0.3 is 0 Å². The molecule has 0 spiro atoms. The van der Waals surface area contributed by atoms with Crippen molar-refractivity contribution in [2.45, 2.75) is 0 Å². The lowest BCUT2D eigenvalue weighted by molar-refractivity contribution is 0.482. The predicted octanol–water partition coefficient (Wildman–Crippen LogP) is 7.92. The summed E-state index contributed by atoms with van der Waals surface area (Å²) < 4.78 is 17.4. The molecule has 0 bridgehead atoms. The molecule has 7 nitrogen and oxygen atoms in total. The molecule has 0 aliphatic carbocycles. The highest BCUT2D eigenvalue weighted by Gasteiger charge is 2.07. The number of aromatic nitrogens is 4. The summed E-state index contributed by atoms with van der Waals surface area (Å²) in [5, 5.41) is 16.4. The van der Waals surface area contributed by atoms with Crippen LogP contribution in [0, 0.1) is 0 Å². The summed E-state index contributed by atoms with van der Waals surface area (Å²) in [7, 11) is 0. The van der Waals surface area contributed by atoms with Gasteiger partial charge in [-0.1, -0.05) is 60.7 Å². The quantitative estimate of drug-likeness (QED) is 0.205. The van der Waals surface area contributed by atoms with Crippen molar-refractivity contribution in [2.75, 3.05) is 0 Å². The second kappa shape index (κ2) is 11.2. The molecule has 6 rings (SSSR count). The largest absolute Gasteiger partial charge is 0.457 e. The first-order chi connectivity index (χ1) is 19.3. The summed E-state index contributed by atoms with van der Waals surface area (Å²) in [5.74, 6) is 3.34. The Balaban J connectivity index is 1.04. The van der Waals surface area contributed by atoms with Gasteiger partial charge in [0.25, 0.3) is 0 Å². The predicted molar refractivity (Wildman–Crippen MR) is 150 cm³/mol. The molecular weight excluding hydrogens is 488 g/mol. The number of hydrogen-bond acceptors (Lipinski definition) is 7. The maximum absolute atomic E-state index is 5.99. The standard InChI is InChI=1S/C32H22N4O3/c1-3-7-25(8-4-1)31-35-33-29(38-31)21-15-23-11-17-27(18-12-23)37-28-19-13-24(14-20-28)16-22-30-34-36-32(39-30)26-9-5-2-6-10-26/h1-22H. The van der Waals surface area contributed by atoms with E-state index in [-0.39, 0.29) is 0 Å². The van der Waals surface area contributed by atoms with Gasteiger partial charge in [-0.2, -0.15) is 0 Å². The lowest BCUT2D eigenvalue weighted by Crippen LogP contribution is -1.84. The third-order valence-corrected chi connectivity index (χ3v) is 5.76. The molecule has 2 heterocycles. The van der Waals surface area contributed by atoms with Crippen LogP contribution in [0.1, 0.15) is 22.9 Å². The van der Waals surface area contributed by atoms with Gasteiger partial charge in [0, 0.05) is 23.3 Å². The molecule has 0 saturated carbocycles. The first-order valence-corrected chi connectivity index (χ1v) is 12.3. The van der Waals surface area contributed by atoms with Crippen molar-refractivity contribution in [2.24, 2.45) is 0 Å². The average molecular weight is 511 g/mol. The fraction of sp³-hybridized carbons (Fsp3) is 0. The first-order valence-electron chi connectivity index (χ1n) is 12.3. The van der Waals surface area contributed by atoms with E-state index >= 15 is 0 Å². The van der Waals surface area contributed by atoms with Crippen molar-refractivity contribution in [3.05, 3.63) is 132 Å². The van der Waals surface area contributed by atoms with Crippen molar-refractivity contribution in [1.29, 1.82) is 0 Å². The van der Waals surface area contributed by atoms with Gasteiger partial charge in [0.2, 0.25) is 23.6 Å². The van der Waals surface area contributed by atoms with Gasteiger partial charge < -0.3 is 13.6 Å². The van der Waals surface area contributed by atoms with Crippen LogP contribution in [-0.4, -0.2) is 20.4 Å². The second-order valence-electron chi connectivity index (χ2n) is 8.53. The van der Waals surface area contributed by atoms with Crippen LogP contribution in [0.3, 0.4) is 0 Å². The zero-order valence-electron chi connectivity index (χ0n) is 20.7. The third kappa shape index (κ3) is 6.06. The van der Waals surface area contributed by atoms with E-state index in [0.29, 0.717) is 23.6 Å². The van der Waals surface area contributed by atoms with Gasteiger partial charge in [-0.05, 0) is 71.8 Å². The van der Waals surface area contributed by atoms with Crippen molar-refractivity contribution in [1.82, 2.24) is 20.4 Å². The summed E-state index contributed by atoms with van der Waals surface area (Å²) in [6.07, 6.45) is 7.41. The first kappa shape index (κ1) is 23.8. The normalized spacial score (nSPS) is 11.4. The highest BCUT2D eigenvalue weighted by molar-refractivity contribution is 5.68. The highest BCUT2D eigenvalue weighted by atomic mass is 16.5. The van der Waals surface area contributed by atoms with Gasteiger partial charge in [0.15, 0.2) is 0 Å². The Hall–Kier alpha value is -5.56. The zero-order chi connectivity index (χ0) is 26.3. The van der Waals surface area contributed by atoms with E-state index in [4.69, 9.17) is 13.6 Å². The lowest BCUT2D eigenvalue weighted by atomic mass is 10.2. The molecule has 6 aromatic rings. The molecule has 0 unspecified atom stereocenters. The van der Waals surface area contributed by atoms with E-state index in [2.05, 4.69) is 20.4 Å². The van der Waals surface area contributed by atoms with Crippen LogP contribution in [0.25, 0.3) is 47.2 Å². The molecule has 188 valence electrons. The molecule has 39 heavy (non-hydrogen) atoms. The molecule has 0 atom stereocenters. The van der Waals surface area contributed by atoms with Crippen molar-refractivity contribution in [3.8, 4) is 34.4 Å². The number of ether oxygens (including phenoxy) is 1. The molecular formula is C32H22N4O3. The van der Waals surface area contributed by atoms with E-state index in [1.54, 1.807) is 12.2 Å². The fourth-order valence-corrected chi connectivity index (χ4v) is 3.76. The van der Waals surface area contributed by atoms with Crippen LogP contribution in [0.2, 0.25) is 0 Å². The monoisotopic (exact) mass is 510 g/mol. The Labute approximate surface area is 224 Å². The van der Waals surface area contributed by atoms with E-state index in [0.717, 1.165) is 33.8 Å². The number of rotatable bonds is 8. The van der Waals surface area contributed by atoms with Crippen LogP contribution in [-0.2, 0) is 0 Å². The molecule has 0 N–H and O–H groups in total. The minimum absolute atomic E-state index is 0.444. The molecule has 7 heteroatoms. The Morgan fingerprint density at radius 2 is 0.846 bits per heavy atom. The second-order valence-corrected chi connectivity index (χ2v) is 8.53. The van der Waals surface area contributed by atoms with Gasteiger partial charge in [-0.25, -0.2) is 0 Å². The molecule has 0 aliphatic heterocycles. The molecule has 0 saturated heterocycles. The summed E-state index contributed by atoms with van der Waals surface area (Å²) in [6.45, 7) is 0. The summed E-state index contributed by atoms with van der Waals surface area (Å²) in [6, 6.07) is 34.9. The van der Waals surface area contributed by atoms with E-state index in [9.17, 15) is 0 Å². The topological polar surface area (TPSA) is 87.1 Å². The molecule has 0 aliphatic rings. The summed E-state index contributed by atoms with van der Waals surface area (Å²) in [5.41, 5.74) is 3.75. The van der Waals surface area contributed by atoms with Crippen LogP contribution in [0.15, 0.2) is 118 Å². The minimum Gasteiger partial charge on any atom is -0.457 e. The maximum Gasteiger partial charge on any atom is 0.248 e. The molecule has 0 amide bonds. The van der Waals surface area contributed by atoms with Gasteiger partial charge in [0.1, 0.15) is 11.5 Å². The van der Waals surface area contributed by atoms with E-state index in [1.807, 2.05) is 121 Å². The minimum atomic E-state index is 0.444. The summed E-state index contributed by atoms with van der Waals surface area (Å²) >= 11 is 0. The van der Waals surface area contributed by atoms with Gasteiger partial charge in [-0.15, -0.1) is 20.4 Å². The molecule has 2 aromatic heterocycles. The average Bonchev–Trinajstić information content (AvgIpc) is 3.68. The molecule has 0 fully saturated rings. The lowest BCUT2D eigenvalue weighted by Gasteiger charge is -2.06. The van der Waals surface area contributed by atoms with Crippen molar-refractivity contribution >= 4 is 24.3 Å². The smallest absolute Gasteiger partial charge is 0.248 e. The number of hydrogen-bond donors (Lipinski definition) is 0. The van der Waals surface area contributed by atoms with Crippen LogP contribution in [0.5, 0.6) is 11.5 Å². The SMILES string of the molecule is C(=Cc1nnc(-c2ccccc2)o1)c1ccc(Oc2ccc(C=Cc3nnc(-c4ccccc4)o3)cc2)cc1. The van der Waals surface area contributed by atoms with E-state index < -0.39 is 0 Å². The Bertz CT molecular complexity index is 1570. The number of nitrogens with zero attached hydrogens (tertiary/aromatic N) is 4. The highest BCUT2D eigenvalue weighted by Crippen LogP contribution is 2.24. The van der Waals surface area contributed by atoms with Crippen molar-refractivity contribution in [3.63, 3.8) is 0 Å². The van der Waals surface area contributed by atoms with Gasteiger partial charge in [-0.3, -0.25) is 0 Å². The Morgan fingerprint density at radius 1 is 0.436 bits per heavy atom. The molecule has 0 radical (unpaired) electrons. The van der Waals surface area contributed by atoms with Crippen molar-refractivity contribution < 1.29 is 13.6 Å². The van der Waals surface area contributed by atoms with Crippen LogP contribution >= 0.6 is 0 Å². The third-order valence-electron chi connectivity index (χ3n) is 5.76. The number of benzene rings is 4. The van der Waals surface area contributed by atoms with Crippen LogP contribution in [0.4, 0.5) is 0 Å². The zero-order valence-corrected chi connectivity index (χ0v) is 20.7. The molecule has 4 aromatic carbocycles. The Morgan fingerprint density at radius 3 is 1.26 bits per heavy atom. The Kier molecular flexibility index (Phi) is 6.86. The van der Waals surface area contributed by atoms with Crippen LogP contribution < -0.4 is 4.74 Å². The maximum atomic E-state index is 5.99. The fourth-order valence-electron chi connectivity index (χ4n) is 3.76. The van der Waals surface area contributed by atoms with E-state index in [1.165, 1.54) is 0 Å². The van der Waals surface area contributed by atoms with Gasteiger partial charge in [0.05, 0.1) is 0 Å². The summed E-state index contributed by atoms with van der Waals surface area (Å²) in [4.78, 5) is 0.